The zero-order valence-corrected chi connectivity index (χ0v) is 14.1. The van der Waals surface area contributed by atoms with Crippen LogP contribution in [0.3, 0.4) is 0 Å². The lowest BCUT2D eigenvalue weighted by atomic mass is 10.0. The molecule has 116 valence electrons. The number of nitrogens with one attached hydrogen (secondary N) is 1. The van der Waals surface area contributed by atoms with Gasteiger partial charge in [-0.2, -0.15) is 4.37 Å². The molecule has 0 unspecified atom stereocenters. The van der Waals surface area contributed by atoms with Crippen molar-refractivity contribution in [3.8, 4) is 0 Å². The molecule has 0 saturated heterocycles. The minimum atomic E-state index is -3.32. The van der Waals surface area contributed by atoms with Crippen molar-refractivity contribution < 1.29 is 8.42 Å². The number of anilines is 2. The molecule has 1 aromatic rings. The molecule has 0 amide bonds. The number of aromatic nitrogens is 1. The molecule has 20 heavy (non-hydrogen) atoms. The van der Waals surface area contributed by atoms with E-state index in [1.807, 2.05) is 0 Å². The zero-order chi connectivity index (χ0) is 15.2. The second kappa shape index (κ2) is 7.83. The van der Waals surface area contributed by atoms with Crippen molar-refractivity contribution in [3.05, 3.63) is 0 Å². The number of rotatable bonds is 9. The smallest absolute Gasteiger partial charge is 0.182 e. The predicted octanol–water partition coefficient (Wildman–Crippen LogP) is 3.15. The lowest BCUT2D eigenvalue weighted by Crippen LogP contribution is -2.06. The highest BCUT2D eigenvalue weighted by atomic mass is 32.2. The van der Waals surface area contributed by atoms with Crippen LogP contribution in [0.5, 0.6) is 0 Å². The normalized spacial score (nSPS) is 12.0. The average molecular weight is 319 g/mol. The summed E-state index contributed by atoms with van der Waals surface area (Å²) in [6, 6.07) is 0. The SMILES string of the molecule is CC(C)CCCCCCNc1snc(N)c1S(C)(=O)=O. The van der Waals surface area contributed by atoms with Crippen LogP contribution in [0.1, 0.15) is 46.0 Å². The van der Waals surface area contributed by atoms with Gasteiger partial charge in [0, 0.05) is 12.8 Å². The number of nitrogens with two attached hydrogens (primary N) is 1. The maximum atomic E-state index is 11.6. The highest BCUT2D eigenvalue weighted by molar-refractivity contribution is 7.91. The van der Waals surface area contributed by atoms with E-state index in [1.165, 1.54) is 19.3 Å². The van der Waals surface area contributed by atoms with Gasteiger partial charge in [-0.25, -0.2) is 8.42 Å². The first kappa shape index (κ1) is 17.2. The number of sulfone groups is 1. The fraction of sp³-hybridized carbons (Fsp3) is 0.769. The van der Waals surface area contributed by atoms with Crippen LogP contribution in [0.2, 0.25) is 0 Å². The van der Waals surface area contributed by atoms with Gasteiger partial charge >= 0.3 is 0 Å². The second-order valence-corrected chi connectivity index (χ2v) is 8.25. The Labute approximate surface area is 126 Å². The van der Waals surface area contributed by atoms with Gasteiger partial charge in [0.15, 0.2) is 15.7 Å². The molecule has 0 aliphatic carbocycles. The van der Waals surface area contributed by atoms with Crippen molar-refractivity contribution >= 4 is 32.2 Å². The van der Waals surface area contributed by atoms with E-state index in [0.717, 1.165) is 43.1 Å². The molecule has 0 spiro atoms. The van der Waals surface area contributed by atoms with E-state index < -0.39 is 9.84 Å². The van der Waals surface area contributed by atoms with Gasteiger partial charge in [0.25, 0.3) is 0 Å². The molecule has 1 aromatic heterocycles. The molecule has 0 bridgehead atoms. The highest BCUT2D eigenvalue weighted by Crippen LogP contribution is 2.31. The molecule has 0 aliphatic rings. The molecule has 0 radical (unpaired) electrons. The number of hydrogen-bond acceptors (Lipinski definition) is 6. The third-order valence-corrected chi connectivity index (χ3v) is 5.14. The molecule has 1 rings (SSSR count). The van der Waals surface area contributed by atoms with Crippen LogP contribution < -0.4 is 11.1 Å². The summed E-state index contributed by atoms with van der Waals surface area (Å²) < 4.78 is 27.1. The van der Waals surface area contributed by atoms with Crippen LogP contribution in [0, 0.1) is 5.92 Å². The van der Waals surface area contributed by atoms with Gasteiger partial charge in [-0.15, -0.1) is 0 Å². The molecule has 0 atom stereocenters. The first-order valence-electron chi connectivity index (χ1n) is 7.01. The van der Waals surface area contributed by atoms with Crippen LogP contribution in [0.25, 0.3) is 0 Å². The van der Waals surface area contributed by atoms with Crippen LogP contribution in [-0.4, -0.2) is 25.6 Å². The Hall–Kier alpha value is -0.820. The van der Waals surface area contributed by atoms with Gasteiger partial charge in [-0.3, -0.25) is 0 Å². The van der Waals surface area contributed by atoms with Crippen LogP contribution in [0.4, 0.5) is 10.8 Å². The fourth-order valence-corrected chi connectivity index (χ4v) is 4.09. The second-order valence-electron chi connectivity index (χ2n) is 5.52. The van der Waals surface area contributed by atoms with E-state index in [2.05, 4.69) is 23.5 Å². The minimum absolute atomic E-state index is 0.0944. The zero-order valence-electron chi connectivity index (χ0n) is 12.5. The van der Waals surface area contributed by atoms with Crippen molar-refractivity contribution in [2.45, 2.75) is 50.8 Å². The Balaban J connectivity index is 2.33. The molecule has 0 aliphatic heterocycles. The van der Waals surface area contributed by atoms with Crippen molar-refractivity contribution in [1.29, 1.82) is 0 Å². The molecule has 0 fully saturated rings. The first-order valence-corrected chi connectivity index (χ1v) is 9.68. The quantitative estimate of drug-likeness (QED) is 0.683. The van der Waals surface area contributed by atoms with E-state index >= 15 is 0 Å². The summed E-state index contributed by atoms with van der Waals surface area (Å²) in [6.45, 7) is 5.23. The number of nitrogen functional groups attached to an aromatic ring is 1. The molecule has 3 N–H and O–H groups in total. The predicted molar refractivity (Wildman–Crippen MR) is 86.0 cm³/mol. The number of nitrogens with zero attached hydrogens (tertiary/aromatic N) is 1. The van der Waals surface area contributed by atoms with Crippen LogP contribution in [-0.2, 0) is 9.84 Å². The van der Waals surface area contributed by atoms with Crippen molar-refractivity contribution in [2.24, 2.45) is 5.92 Å². The largest absolute Gasteiger partial charge is 0.382 e. The summed E-state index contributed by atoms with van der Waals surface area (Å²) in [7, 11) is -3.32. The molecule has 1 heterocycles. The van der Waals surface area contributed by atoms with Gasteiger partial charge < -0.3 is 11.1 Å². The summed E-state index contributed by atoms with van der Waals surface area (Å²) in [5.74, 6) is 0.863. The van der Waals surface area contributed by atoms with E-state index in [1.54, 1.807) is 0 Å². The first-order chi connectivity index (χ1) is 9.32. The lowest BCUT2D eigenvalue weighted by molar-refractivity contribution is 0.523. The molecular formula is C13H25N3O2S2. The molecular weight excluding hydrogens is 294 g/mol. The maximum Gasteiger partial charge on any atom is 0.182 e. The molecule has 5 nitrogen and oxygen atoms in total. The van der Waals surface area contributed by atoms with Gasteiger partial charge in [-0.05, 0) is 23.9 Å². The number of hydrogen-bond donors (Lipinski definition) is 2. The maximum absolute atomic E-state index is 11.6. The topological polar surface area (TPSA) is 85.1 Å². The van der Waals surface area contributed by atoms with Gasteiger partial charge in [0.05, 0.1) is 0 Å². The minimum Gasteiger partial charge on any atom is -0.382 e. The molecule has 7 heteroatoms. The van der Waals surface area contributed by atoms with Crippen molar-refractivity contribution in [2.75, 3.05) is 23.9 Å². The van der Waals surface area contributed by atoms with Crippen LogP contribution in [0.15, 0.2) is 4.90 Å². The summed E-state index contributed by atoms with van der Waals surface area (Å²) in [4.78, 5) is 0.141. The standard InChI is InChI=1S/C13H25N3O2S2/c1-10(2)8-6-4-5-7-9-15-13-11(20(3,17)18)12(14)16-19-13/h10,15H,4-9H2,1-3H3,(H2,14,16). The van der Waals surface area contributed by atoms with E-state index in [4.69, 9.17) is 5.73 Å². The summed E-state index contributed by atoms with van der Waals surface area (Å²) in [6.07, 6.45) is 7.10. The monoisotopic (exact) mass is 319 g/mol. The van der Waals surface area contributed by atoms with Gasteiger partial charge in [0.1, 0.15) is 9.90 Å². The summed E-state index contributed by atoms with van der Waals surface area (Å²) >= 11 is 1.11. The van der Waals surface area contributed by atoms with Crippen LogP contribution >= 0.6 is 11.5 Å². The van der Waals surface area contributed by atoms with Gasteiger partial charge in [-0.1, -0.05) is 39.5 Å². The highest BCUT2D eigenvalue weighted by Gasteiger charge is 2.20. The van der Waals surface area contributed by atoms with Gasteiger partial charge in [0.2, 0.25) is 0 Å². The third kappa shape index (κ3) is 5.66. The molecule has 0 aromatic carbocycles. The Bertz CT molecular complexity index is 510. The average Bonchev–Trinajstić information content (AvgIpc) is 2.68. The Kier molecular flexibility index (Phi) is 6.75. The van der Waals surface area contributed by atoms with E-state index in [0.29, 0.717) is 5.00 Å². The number of unbranched alkanes of at least 4 members (excludes halogenated alkanes) is 3. The Morgan fingerprint density at radius 3 is 2.50 bits per heavy atom. The molecule has 0 saturated carbocycles. The lowest BCUT2D eigenvalue weighted by Gasteiger charge is -2.06. The van der Waals surface area contributed by atoms with Crippen molar-refractivity contribution in [3.63, 3.8) is 0 Å². The Morgan fingerprint density at radius 1 is 1.25 bits per heavy atom. The van der Waals surface area contributed by atoms with E-state index in [-0.39, 0.29) is 10.7 Å². The third-order valence-electron chi connectivity index (χ3n) is 3.04. The fourth-order valence-electron chi connectivity index (χ4n) is 2.00. The van der Waals surface area contributed by atoms with Crippen molar-refractivity contribution in [1.82, 2.24) is 4.37 Å². The summed E-state index contributed by atoms with van der Waals surface area (Å²) in [5, 5.41) is 3.70. The van der Waals surface area contributed by atoms with E-state index in [9.17, 15) is 8.42 Å². The Morgan fingerprint density at radius 2 is 1.90 bits per heavy atom. The summed E-state index contributed by atoms with van der Waals surface area (Å²) in [5.41, 5.74) is 5.61.